The van der Waals surface area contributed by atoms with Crippen LogP contribution in [-0.4, -0.2) is 30.3 Å². The first-order valence-corrected chi connectivity index (χ1v) is 6.54. The Morgan fingerprint density at radius 2 is 1.83 bits per heavy atom. The van der Waals surface area contributed by atoms with Gasteiger partial charge in [-0.15, -0.1) is 10.2 Å². The van der Waals surface area contributed by atoms with Crippen LogP contribution in [0.4, 0.5) is 0 Å². The molecule has 0 bridgehead atoms. The molecule has 96 valence electrons. The van der Waals surface area contributed by atoms with Gasteiger partial charge in [-0.25, -0.2) is 13.6 Å². The minimum Gasteiger partial charge on any atom is -0.497 e. The number of nitrogens with two attached hydrogens (primary N) is 1. The number of primary sulfonamides is 1. The van der Waals surface area contributed by atoms with Crippen molar-refractivity contribution in [3.05, 3.63) is 24.3 Å². The first kappa shape index (κ1) is 12.5. The Morgan fingerprint density at radius 3 is 2.28 bits per heavy atom. The van der Waals surface area contributed by atoms with E-state index in [4.69, 9.17) is 9.88 Å². The maximum Gasteiger partial charge on any atom is 0.273 e. The van der Waals surface area contributed by atoms with Gasteiger partial charge in [-0.2, -0.15) is 0 Å². The van der Waals surface area contributed by atoms with Crippen LogP contribution in [0.5, 0.6) is 5.75 Å². The van der Waals surface area contributed by atoms with Gasteiger partial charge in [0, 0.05) is 12.6 Å². The summed E-state index contributed by atoms with van der Waals surface area (Å²) in [5.41, 5.74) is 0.723. The van der Waals surface area contributed by atoms with E-state index < -0.39 is 10.0 Å². The molecule has 0 atom stereocenters. The third kappa shape index (κ3) is 2.20. The zero-order valence-corrected chi connectivity index (χ0v) is 10.7. The Kier molecular flexibility index (Phi) is 3.05. The molecule has 0 aliphatic carbocycles. The highest BCUT2D eigenvalue weighted by atomic mass is 32.2. The summed E-state index contributed by atoms with van der Waals surface area (Å²) in [5, 5.41) is 12.1. The molecule has 1 aromatic heterocycles. The monoisotopic (exact) mass is 268 g/mol. The second-order valence-electron chi connectivity index (χ2n) is 3.64. The van der Waals surface area contributed by atoms with Crippen LogP contribution in [0.3, 0.4) is 0 Å². The van der Waals surface area contributed by atoms with Crippen molar-refractivity contribution < 1.29 is 13.2 Å². The maximum absolute atomic E-state index is 11.2. The summed E-state index contributed by atoms with van der Waals surface area (Å²) in [7, 11) is -0.762. The topological polar surface area (TPSA) is 100 Å². The van der Waals surface area contributed by atoms with Gasteiger partial charge < -0.3 is 4.74 Å². The summed E-state index contributed by atoms with van der Waals surface area (Å²) in [5.74, 6) is 1.12. The van der Waals surface area contributed by atoms with Crippen LogP contribution in [0.15, 0.2) is 29.4 Å². The van der Waals surface area contributed by atoms with Gasteiger partial charge in [-0.3, -0.25) is 4.57 Å². The van der Waals surface area contributed by atoms with Crippen LogP contribution in [0, 0.1) is 0 Å². The van der Waals surface area contributed by atoms with Gasteiger partial charge >= 0.3 is 0 Å². The van der Waals surface area contributed by atoms with Crippen molar-refractivity contribution in [3.8, 4) is 17.1 Å². The van der Waals surface area contributed by atoms with Crippen LogP contribution < -0.4 is 9.88 Å². The summed E-state index contributed by atoms with van der Waals surface area (Å²) in [6.07, 6.45) is 0. The van der Waals surface area contributed by atoms with E-state index in [2.05, 4.69) is 10.2 Å². The zero-order chi connectivity index (χ0) is 13.3. The van der Waals surface area contributed by atoms with Gasteiger partial charge in [0.2, 0.25) is 0 Å². The van der Waals surface area contributed by atoms with E-state index in [1.165, 1.54) is 4.57 Å². The molecule has 0 saturated heterocycles. The zero-order valence-electron chi connectivity index (χ0n) is 9.86. The molecule has 0 aliphatic heterocycles. The number of benzene rings is 1. The van der Waals surface area contributed by atoms with Crippen LogP contribution in [0.1, 0.15) is 0 Å². The van der Waals surface area contributed by atoms with Gasteiger partial charge in [-0.05, 0) is 24.3 Å². The van der Waals surface area contributed by atoms with Gasteiger partial charge in [0.05, 0.1) is 7.11 Å². The molecular formula is C10H12N4O3S. The van der Waals surface area contributed by atoms with Crippen molar-refractivity contribution in [1.82, 2.24) is 14.8 Å². The lowest BCUT2D eigenvalue weighted by Gasteiger charge is -2.03. The first-order chi connectivity index (χ1) is 8.43. The lowest BCUT2D eigenvalue weighted by Crippen LogP contribution is -2.17. The third-order valence-electron chi connectivity index (χ3n) is 2.44. The molecule has 0 spiro atoms. The summed E-state index contributed by atoms with van der Waals surface area (Å²) in [4.78, 5) is 0. The number of hydrogen-bond donors (Lipinski definition) is 1. The fourth-order valence-electron chi connectivity index (χ4n) is 1.55. The van der Waals surface area contributed by atoms with Crippen molar-refractivity contribution in [2.45, 2.75) is 5.16 Å². The average Bonchev–Trinajstić information content (AvgIpc) is 2.71. The van der Waals surface area contributed by atoms with Crippen LogP contribution >= 0.6 is 0 Å². The fraction of sp³-hybridized carbons (Fsp3) is 0.200. The van der Waals surface area contributed by atoms with Crippen LogP contribution in [0.25, 0.3) is 11.4 Å². The molecular weight excluding hydrogens is 256 g/mol. The largest absolute Gasteiger partial charge is 0.497 e. The standard InChI is InChI=1S/C10H12N4O3S/c1-14-9(12-13-10(14)18(11,15)16)7-3-5-8(17-2)6-4-7/h3-6H,1-2H3,(H2,11,15,16). The molecule has 8 heteroatoms. The molecule has 0 fully saturated rings. The molecule has 2 rings (SSSR count). The Hall–Kier alpha value is -1.93. The average molecular weight is 268 g/mol. The quantitative estimate of drug-likeness (QED) is 0.853. The highest BCUT2D eigenvalue weighted by Gasteiger charge is 2.19. The number of rotatable bonds is 3. The molecule has 0 amide bonds. The lowest BCUT2D eigenvalue weighted by atomic mass is 10.2. The molecule has 7 nitrogen and oxygen atoms in total. The Morgan fingerprint density at radius 1 is 1.22 bits per heavy atom. The van der Waals surface area contributed by atoms with Crippen LogP contribution in [-0.2, 0) is 17.1 Å². The predicted molar refractivity (Wildman–Crippen MR) is 64.4 cm³/mol. The minimum absolute atomic E-state index is 0.270. The maximum atomic E-state index is 11.2. The molecule has 2 aromatic rings. The molecule has 1 heterocycles. The number of sulfonamides is 1. The van der Waals surface area contributed by atoms with E-state index in [9.17, 15) is 8.42 Å². The molecule has 0 aliphatic rings. The minimum atomic E-state index is -3.87. The highest BCUT2D eigenvalue weighted by Crippen LogP contribution is 2.21. The van der Waals surface area contributed by atoms with E-state index in [0.29, 0.717) is 11.6 Å². The van der Waals surface area contributed by atoms with Crippen molar-refractivity contribution in [2.24, 2.45) is 12.2 Å². The lowest BCUT2D eigenvalue weighted by molar-refractivity contribution is 0.415. The molecule has 2 N–H and O–H groups in total. The number of aromatic nitrogens is 3. The Balaban J connectivity index is 2.49. The Bertz CT molecular complexity index is 661. The van der Waals surface area contributed by atoms with Gasteiger partial charge in [0.25, 0.3) is 15.2 Å². The van der Waals surface area contributed by atoms with Gasteiger partial charge in [0.1, 0.15) is 5.75 Å². The summed E-state index contributed by atoms with van der Waals surface area (Å²) >= 11 is 0. The van der Waals surface area contributed by atoms with Crippen molar-refractivity contribution in [1.29, 1.82) is 0 Å². The summed E-state index contributed by atoms with van der Waals surface area (Å²) in [6.45, 7) is 0. The van der Waals surface area contributed by atoms with E-state index in [1.807, 2.05) is 0 Å². The van der Waals surface area contributed by atoms with E-state index in [0.717, 1.165) is 5.56 Å². The molecule has 0 radical (unpaired) electrons. The molecule has 0 saturated carbocycles. The third-order valence-corrected chi connectivity index (χ3v) is 3.30. The number of ether oxygens (including phenoxy) is 1. The SMILES string of the molecule is COc1ccc(-c2nnc(S(N)(=O)=O)n2C)cc1. The number of hydrogen-bond acceptors (Lipinski definition) is 5. The highest BCUT2D eigenvalue weighted by molar-refractivity contribution is 7.89. The van der Waals surface area contributed by atoms with Gasteiger partial charge in [-0.1, -0.05) is 0 Å². The fourth-order valence-corrected chi connectivity index (χ4v) is 2.18. The van der Waals surface area contributed by atoms with Crippen molar-refractivity contribution >= 4 is 10.0 Å². The smallest absolute Gasteiger partial charge is 0.273 e. The second-order valence-corrected chi connectivity index (χ2v) is 5.09. The molecule has 0 unspecified atom stereocenters. The van der Waals surface area contributed by atoms with Crippen molar-refractivity contribution in [3.63, 3.8) is 0 Å². The molecule has 18 heavy (non-hydrogen) atoms. The summed E-state index contributed by atoms with van der Waals surface area (Å²) in [6, 6.07) is 7.02. The summed E-state index contributed by atoms with van der Waals surface area (Å²) < 4.78 is 28.8. The van der Waals surface area contributed by atoms with E-state index in [1.54, 1.807) is 38.4 Å². The van der Waals surface area contributed by atoms with E-state index >= 15 is 0 Å². The first-order valence-electron chi connectivity index (χ1n) is 5.00. The second kappa shape index (κ2) is 4.39. The Labute approximate surface area is 104 Å². The van der Waals surface area contributed by atoms with Crippen molar-refractivity contribution in [2.75, 3.05) is 7.11 Å². The molecule has 1 aromatic carbocycles. The normalized spacial score (nSPS) is 11.5. The predicted octanol–water partition coefficient (Wildman–Crippen LogP) is 0.138. The van der Waals surface area contributed by atoms with Gasteiger partial charge in [0.15, 0.2) is 5.82 Å². The number of methoxy groups -OCH3 is 1. The number of nitrogens with zero attached hydrogens (tertiary/aromatic N) is 3. The van der Waals surface area contributed by atoms with Crippen LogP contribution in [0.2, 0.25) is 0 Å². The van der Waals surface area contributed by atoms with E-state index in [-0.39, 0.29) is 5.16 Å².